The molecule has 10 nitrogen and oxygen atoms in total. The lowest BCUT2D eigenvalue weighted by molar-refractivity contribution is 0.483. The lowest BCUT2D eigenvalue weighted by Crippen LogP contribution is -2.13. The predicted molar refractivity (Wildman–Crippen MR) is 186 cm³/mol. The Balaban J connectivity index is 1.78. The van der Waals surface area contributed by atoms with Crippen LogP contribution in [0.5, 0.6) is 0 Å². The van der Waals surface area contributed by atoms with Crippen molar-refractivity contribution in [3.63, 3.8) is 0 Å². The van der Waals surface area contributed by atoms with Crippen molar-refractivity contribution < 1.29 is 34.9 Å². The van der Waals surface area contributed by atoms with E-state index in [0.29, 0.717) is 5.69 Å². The summed E-state index contributed by atoms with van der Waals surface area (Å²) in [6.45, 7) is 7.55. The van der Waals surface area contributed by atoms with Crippen LogP contribution in [0.15, 0.2) is 109 Å². The molecule has 246 valence electrons. The molecule has 0 amide bonds. The van der Waals surface area contributed by atoms with Crippen LogP contribution >= 0.6 is 0 Å². The lowest BCUT2D eigenvalue weighted by atomic mass is 9.93. The van der Waals surface area contributed by atoms with Gasteiger partial charge in [-0.25, -0.2) is 13.4 Å². The van der Waals surface area contributed by atoms with E-state index in [1.165, 1.54) is 36.4 Å². The monoisotopic (exact) mass is 702 g/mol. The van der Waals surface area contributed by atoms with Gasteiger partial charge in [-0.1, -0.05) is 54.6 Å². The van der Waals surface area contributed by atoms with E-state index in [-0.39, 0.29) is 54.3 Å². The summed E-state index contributed by atoms with van der Waals surface area (Å²) < 4.78 is 88.4. The minimum absolute atomic E-state index is 0.0297. The normalized spacial score (nSPS) is 13.6. The van der Waals surface area contributed by atoms with Crippen LogP contribution in [0.2, 0.25) is 0 Å². The minimum atomic E-state index is -4.77. The Morgan fingerprint density at radius 1 is 0.729 bits per heavy atom. The van der Waals surface area contributed by atoms with E-state index >= 15 is 0 Å². The van der Waals surface area contributed by atoms with Gasteiger partial charge in [0, 0.05) is 39.9 Å². The zero-order chi connectivity index (χ0) is 34.5. The van der Waals surface area contributed by atoms with Crippen LogP contribution in [0, 0.1) is 27.7 Å². The Labute approximate surface area is 281 Å². The third kappa shape index (κ3) is 6.23. The summed E-state index contributed by atoms with van der Waals surface area (Å²) in [5.41, 5.74) is 5.72. The Hall–Kier alpha value is -4.50. The highest BCUT2D eigenvalue weighted by atomic mass is 32.2. The van der Waals surface area contributed by atoms with Crippen molar-refractivity contribution in [1.82, 2.24) is 0 Å². The first kappa shape index (κ1) is 33.4. The second-order valence-electron chi connectivity index (χ2n) is 11.4. The van der Waals surface area contributed by atoms with E-state index in [1.807, 2.05) is 64.1 Å². The molecule has 0 saturated heterocycles. The molecular formula is C35H30N2O8S3. The van der Waals surface area contributed by atoms with E-state index in [2.05, 4.69) is 5.32 Å². The standard InChI is InChI=1S/C35H30N2O8S3/c1-19-9-7-10-20(2)34(19)36-26-17-28-24(15-30(26)46(38)39)33(23-13-5-6-14-32(23)48(42,43)44)25-16-31(47(40)41)27(18-29(25)45-28)37-35-21(3)11-8-12-22(35)4/h5-18,36H,1-4H3,(H,38,39)(H,40,41)(H,42,43,44). The molecule has 6 rings (SSSR count). The number of anilines is 2. The van der Waals surface area contributed by atoms with Gasteiger partial charge in [0.05, 0.1) is 26.5 Å². The van der Waals surface area contributed by atoms with Crippen molar-refractivity contribution in [2.24, 2.45) is 4.99 Å². The molecule has 0 spiro atoms. The van der Waals surface area contributed by atoms with Crippen LogP contribution in [-0.4, -0.2) is 30.5 Å². The maximum atomic E-state index is 12.8. The Morgan fingerprint density at radius 3 is 1.94 bits per heavy atom. The van der Waals surface area contributed by atoms with Gasteiger partial charge in [0.1, 0.15) is 16.2 Å². The fourth-order valence-electron chi connectivity index (χ4n) is 5.84. The average Bonchev–Trinajstić information content (AvgIpc) is 3.02. The SMILES string of the molecule is Cc1cccc(C)c1N=c1cc2oc3cc(Nc4c(C)cccc4C)c(S(=O)O)cc3c(-c3ccccc3S(=O)(=O)O)c-2cc1S(=O)O. The number of aryl methyl sites for hydroxylation is 4. The summed E-state index contributed by atoms with van der Waals surface area (Å²) in [6, 6.07) is 22.9. The predicted octanol–water partition coefficient (Wildman–Crippen LogP) is 7.82. The molecule has 1 heterocycles. The first-order valence-corrected chi connectivity index (χ1v) is 18.2. The molecule has 0 fully saturated rings. The molecule has 1 aliphatic heterocycles. The van der Waals surface area contributed by atoms with E-state index in [4.69, 9.17) is 9.41 Å². The Bertz CT molecular complexity index is 2430. The second kappa shape index (κ2) is 12.8. The van der Waals surface area contributed by atoms with Crippen LogP contribution in [0.3, 0.4) is 0 Å². The molecule has 4 aromatic carbocycles. The summed E-state index contributed by atoms with van der Waals surface area (Å²) in [7, 11) is -4.77. The highest BCUT2D eigenvalue weighted by Crippen LogP contribution is 2.45. The summed E-state index contributed by atoms with van der Waals surface area (Å²) in [4.78, 5) is 4.21. The minimum Gasteiger partial charge on any atom is -0.456 e. The molecule has 1 aliphatic carbocycles. The number of hydrogen-bond donors (Lipinski definition) is 4. The maximum Gasteiger partial charge on any atom is 0.295 e. The quantitative estimate of drug-likeness (QED) is 0.0737. The first-order chi connectivity index (χ1) is 22.7. The van der Waals surface area contributed by atoms with Gasteiger partial charge in [-0.3, -0.25) is 4.55 Å². The van der Waals surface area contributed by atoms with Crippen molar-refractivity contribution in [3.8, 4) is 22.5 Å². The van der Waals surface area contributed by atoms with E-state index in [0.717, 1.165) is 27.9 Å². The van der Waals surface area contributed by atoms with Crippen molar-refractivity contribution in [1.29, 1.82) is 0 Å². The molecular weight excluding hydrogens is 673 g/mol. The lowest BCUT2D eigenvalue weighted by Gasteiger charge is -2.20. The molecule has 4 aromatic rings. The van der Waals surface area contributed by atoms with Gasteiger partial charge in [-0.15, -0.1) is 0 Å². The molecule has 0 radical (unpaired) electrons. The first-order valence-electron chi connectivity index (χ1n) is 14.6. The number of fused-ring (bicyclic) bond motifs is 2. The molecule has 4 N–H and O–H groups in total. The number of benzene rings is 5. The van der Waals surface area contributed by atoms with Crippen LogP contribution in [0.25, 0.3) is 33.4 Å². The maximum absolute atomic E-state index is 12.8. The molecule has 48 heavy (non-hydrogen) atoms. The number of hydrogen-bond acceptors (Lipinski definition) is 7. The smallest absolute Gasteiger partial charge is 0.295 e. The molecule has 2 unspecified atom stereocenters. The van der Waals surface area contributed by atoms with Crippen LogP contribution in [0.4, 0.5) is 17.1 Å². The van der Waals surface area contributed by atoms with Crippen LogP contribution < -0.4 is 10.7 Å². The van der Waals surface area contributed by atoms with Crippen molar-refractivity contribution >= 4 is 60.3 Å². The Kier molecular flexibility index (Phi) is 8.94. The summed E-state index contributed by atoms with van der Waals surface area (Å²) in [5, 5.41) is 3.64. The van der Waals surface area contributed by atoms with Gasteiger partial charge in [0.15, 0.2) is 22.2 Å². The third-order valence-corrected chi connectivity index (χ3v) is 10.5. The number of para-hydroxylation sites is 2. The van der Waals surface area contributed by atoms with Crippen molar-refractivity contribution in [3.05, 3.63) is 113 Å². The van der Waals surface area contributed by atoms with E-state index < -0.39 is 37.2 Å². The van der Waals surface area contributed by atoms with Crippen molar-refractivity contribution in [2.75, 3.05) is 5.32 Å². The zero-order valence-electron chi connectivity index (χ0n) is 26.1. The number of rotatable bonds is 7. The fourth-order valence-corrected chi connectivity index (χ4v) is 7.56. The summed E-state index contributed by atoms with van der Waals surface area (Å²) >= 11 is -5.07. The topological polar surface area (TPSA) is 166 Å². The van der Waals surface area contributed by atoms with Crippen LogP contribution in [-0.2, 0) is 32.3 Å². The summed E-state index contributed by atoms with van der Waals surface area (Å²) in [5.74, 6) is 0.178. The van der Waals surface area contributed by atoms with Gasteiger partial charge in [0.25, 0.3) is 10.1 Å². The van der Waals surface area contributed by atoms with Gasteiger partial charge < -0.3 is 18.8 Å². The van der Waals surface area contributed by atoms with Gasteiger partial charge in [-0.05, 0) is 68.1 Å². The van der Waals surface area contributed by atoms with E-state index in [9.17, 15) is 30.5 Å². The number of nitrogens with one attached hydrogen (secondary N) is 1. The molecule has 2 atom stereocenters. The second-order valence-corrected chi connectivity index (χ2v) is 14.6. The molecule has 2 aliphatic rings. The highest BCUT2D eigenvalue weighted by molar-refractivity contribution is 7.86. The van der Waals surface area contributed by atoms with Crippen LogP contribution in [0.1, 0.15) is 22.3 Å². The highest BCUT2D eigenvalue weighted by Gasteiger charge is 2.27. The Morgan fingerprint density at radius 2 is 1.33 bits per heavy atom. The van der Waals surface area contributed by atoms with E-state index in [1.54, 1.807) is 12.1 Å². The zero-order valence-corrected chi connectivity index (χ0v) is 28.6. The van der Waals surface area contributed by atoms with Crippen molar-refractivity contribution in [2.45, 2.75) is 42.4 Å². The molecule has 13 heteroatoms. The molecule has 0 aromatic heterocycles. The number of nitrogens with zero attached hydrogens (tertiary/aromatic N) is 1. The average molecular weight is 703 g/mol. The third-order valence-electron chi connectivity index (χ3n) is 8.12. The van der Waals surface area contributed by atoms with Gasteiger partial charge >= 0.3 is 0 Å². The largest absolute Gasteiger partial charge is 0.456 e. The molecule has 0 saturated carbocycles. The summed E-state index contributed by atoms with van der Waals surface area (Å²) in [6.07, 6.45) is 0. The fraction of sp³-hybridized carbons (Fsp3) is 0.114. The van der Waals surface area contributed by atoms with Gasteiger partial charge in [0.2, 0.25) is 0 Å². The molecule has 0 bridgehead atoms. The van der Waals surface area contributed by atoms with Gasteiger partial charge in [-0.2, -0.15) is 8.42 Å².